The molecule has 2 aromatic carbocycles. The van der Waals surface area contributed by atoms with E-state index < -0.39 is 84.0 Å². The third-order valence-corrected chi connectivity index (χ3v) is 9.60. The molecule has 8 amide bonds. The quantitative estimate of drug-likeness (QED) is 0.0540. The number of nitrogens with one attached hydrogen (secondary N) is 9. The summed E-state index contributed by atoms with van der Waals surface area (Å²) < 4.78 is 0. The average molecular weight is 846 g/mol. The van der Waals surface area contributed by atoms with E-state index in [1.165, 1.54) is 26.4 Å². The number of carbonyl (C=O) groups is 8. The smallest absolute Gasteiger partial charge is 0.243 e. The Morgan fingerprint density at radius 3 is 2.30 bits per heavy atom. The molecule has 0 aliphatic carbocycles. The van der Waals surface area contributed by atoms with Crippen LogP contribution in [0.25, 0.3) is 10.8 Å². The second-order valence-electron chi connectivity index (χ2n) is 14.6. The summed E-state index contributed by atoms with van der Waals surface area (Å²) in [5, 5.41) is 22.9. The van der Waals surface area contributed by atoms with Crippen LogP contribution in [0.2, 0.25) is 0 Å². The van der Waals surface area contributed by atoms with Crippen LogP contribution in [0.5, 0.6) is 0 Å². The number of benzene rings is 2. The molecule has 328 valence electrons. The van der Waals surface area contributed by atoms with Crippen molar-refractivity contribution < 1.29 is 38.4 Å². The van der Waals surface area contributed by atoms with Crippen LogP contribution in [0, 0.1) is 0 Å². The van der Waals surface area contributed by atoms with E-state index in [1.54, 1.807) is 6.07 Å². The largest absolute Gasteiger partial charge is 0.370 e. The van der Waals surface area contributed by atoms with Gasteiger partial charge in [-0.15, -0.1) is 0 Å². The van der Waals surface area contributed by atoms with Crippen LogP contribution in [0.1, 0.15) is 57.2 Å². The lowest BCUT2D eigenvalue weighted by atomic mass is 10.0. The number of guanidine groups is 1. The molecule has 0 bridgehead atoms. The van der Waals surface area contributed by atoms with E-state index in [-0.39, 0.29) is 57.7 Å². The van der Waals surface area contributed by atoms with Crippen LogP contribution in [0.15, 0.2) is 60.0 Å². The first-order valence-electron chi connectivity index (χ1n) is 20.0. The maximum absolute atomic E-state index is 14.2. The first-order chi connectivity index (χ1) is 29.2. The normalized spacial score (nSPS) is 20.8. The summed E-state index contributed by atoms with van der Waals surface area (Å²) in [4.78, 5) is 117. The summed E-state index contributed by atoms with van der Waals surface area (Å²) in [6.45, 7) is 2.67. The van der Waals surface area contributed by atoms with Crippen molar-refractivity contribution in [3.05, 3.63) is 66.2 Å². The highest BCUT2D eigenvalue weighted by Gasteiger charge is 2.32. The van der Waals surface area contributed by atoms with Crippen molar-refractivity contribution >= 4 is 64.0 Å². The summed E-state index contributed by atoms with van der Waals surface area (Å²) in [5.41, 5.74) is 11.9. The maximum atomic E-state index is 14.2. The van der Waals surface area contributed by atoms with Gasteiger partial charge in [-0.2, -0.15) is 0 Å². The van der Waals surface area contributed by atoms with Crippen LogP contribution in [0.4, 0.5) is 0 Å². The molecule has 0 saturated carbocycles. The number of hydrogen-bond donors (Lipinski definition) is 11. The molecule has 1 aromatic heterocycles. The lowest BCUT2D eigenvalue weighted by Crippen LogP contribution is -2.59. The van der Waals surface area contributed by atoms with Crippen molar-refractivity contribution in [3.8, 4) is 0 Å². The fraction of sp³-hybridized carbons (Fsp3) is 0.450. The SMILES string of the molecule is CC(=O)N[C@H](CCCN=C(N)N)C(=O)N[C@H]1CCC(=O)NCCCNC(=O)[C@H](C)NC(=O)CNC(=O)[C@@H](Cc2ccc3ccccc3c2)NC(=O)[C@H](Cc2cnc[nH]2)NC1=O. The Labute approximate surface area is 352 Å². The number of aliphatic imine (C=N–C) groups is 1. The van der Waals surface area contributed by atoms with Crippen molar-refractivity contribution in [2.75, 3.05) is 26.2 Å². The molecule has 5 atom stereocenters. The average Bonchev–Trinajstić information content (AvgIpc) is 3.74. The number of carbonyl (C=O) groups excluding carboxylic acids is 8. The fourth-order valence-electron chi connectivity index (χ4n) is 6.43. The third-order valence-electron chi connectivity index (χ3n) is 9.60. The molecule has 13 N–H and O–H groups in total. The number of fused-ring (bicyclic) bond motifs is 1. The van der Waals surface area contributed by atoms with Crippen molar-refractivity contribution in [2.24, 2.45) is 16.5 Å². The monoisotopic (exact) mass is 845 g/mol. The first kappa shape index (κ1) is 46.6. The van der Waals surface area contributed by atoms with Gasteiger partial charge in [-0.05, 0) is 48.9 Å². The van der Waals surface area contributed by atoms with Crippen molar-refractivity contribution in [3.63, 3.8) is 0 Å². The lowest BCUT2D eigenvalue weighted by Gasteiger charge is -2.26. The number of rotatable bonds is 11. The molecule has 2 heterocycles. The molecule has 0 radical (unpaired) electrons. The molecule has 3 aromatic rings. The molecule has 0 spiro atoms. The Hall–Kier alpha value is -7.06. The minimum absolute atomic E-state index is 0.0188. The summed E-state index contributed by atoms with van der Waals surface area (Å²) in [6, 6.07) is 7.05. The number of nitrogens with two attached hydrogens (primary N) is 2. The highest BCUT2D eigenvalue weighted by molar-refractivity contribution is 5.97. The minimum atomic E-state index is -1.39. The lowest BCUT2D eigenvalue weighted by molar-refractivity contribution is -0.135. The van der Waals surface area contributed by atoms with Gasteiger partial charge in [-0.25, -0.2) is 4.98 Å². The first-order valence-corrected chi connectivity index (χ1v) is 20.0. The van der Waals surface area contributed by atoms with E-state index in [1.807, 2.05) is 36.4 Å². The summed E-state index contributed by atoms with van der Waals surface area (Å²) in [6.07, 6.45) is 2.94. The maximum Gasteiger partial charge on any atom is 0.243 e. The number of aromatic amines is 1. The van der Waals surface area contributed by atoms with E-state index in [0.717, 1.165) is 10.8 Å². The van der Waals surface area contributed by atoms with Gasteiger partial charge in [0, 0.05) is 57.7 Å². The zero-order chi connectivity index (χ0) is 44.3. The highest BCUT2D eigenvalue weighted by Crippen LogP contribution is 2.17. The minimum Gasteiger partial charge on any atom is -0.370 e. The van der Waals surface area contributed by atoms with E-state index in [4.69, 9.17) is 11.5 Å². The van der Waals surface area contributed by atoms with Crippen LogP contribution in [0.3, 0.4) is 0 Å². The molecule has 4 rings (SSSR count). The van der Waals surface area contributed by atoms with Crippen molar-refractivity contribution in [2.45, 2.75) is 89.0 Å². The molecule has 1 aliphatic heterocycles. The summed E-state index contributed by atoms with van der Waals surface area (Å²) in [7, 11) is 0. The Bertz CT molecular complexity index is 2050. The van der Waals surface area contributed by atoms with Crippen LogP contribution in [-0.2, 0) is 51.2 Å². The van der Waals surface area contributed by atoms with Gasteiger partial charge in [0.2, 0.25) is 47.3 Å². The number of H-pyrrole nitrogens is 1. The van der Waals surface area contributed by atoms with Gasteiger partial charge >= 0.3 is 0 Å². The number of aromatic nitrogens is 2. The van der Waals surface area contributed by atoms with E-state index in [9.17, 15) is 38.4 Å². The molecular formula is C40H55N13O8. The molecule has 1 fully saturated rings. The number of nitrogens with zero attached hydrogens (tertiary/aromatic N) is 2. The van der Waals surface area contributed by atoms with Gasteiger partial charge in [0.1, 0.15) is 30.2 Å². The zero-order valence-electron chi connectivity index (χ0n) is 34.2. The predicted octanol–water partition coefficient (Wildman–Crippen LogP) is -2.60. The highest BCUT2D eigenvalue weighted by atomic mass is 16.2. The fourth-order valence-corrected chi connectivity index (χ4v) is 6.43. The Balaban J connectivity index is 1.65. The van der Waals surface area contributed by atoms with Crippen LogP contribution >= 0.6 is 0 Å². The van der Waals surface area contributed by atoms with E-state index in [2.05, 4.69) is 57.5 Å². The zero-order valence-corrected chi connectivity index (χ0v) is 34.2. The van der Waals surface area contributed by atoms with Gasteiger partial charge in [0.05, 0.1) is 12.9 Å². The molecule has 61 heavy (non-hydrogen) atoms. The molecule has 21 heteroatoms. The van der Waals surface area contributed by atoms with Crippen LogP contribution < -0.4 is 54.0 Å². The number of amides is 8. The predicted molar refractivity (Wildman–Crippen MR) is 224 cm³/mol. The van der Waals surface area contributed by atoms with E-state index >= 15 is 0 Å². The molecule has 1 saturated heterocycles. The standard InChI is InChI=1S/C40H55N13O8/c1-23-35(57)45-16-6-15-44-33(55)13-12-30(51-37(59)29(50-24(2)54)9-5-14-46-40(41)42)38(60)53-32(19-28-20-43-22-48-28)39(61)52-31(36(58)47-21-34(56)49-23)18-25-10-11-26-7-3-4-8-27(26)17-25/h3-4,7-8,10-11,17,20,22-23,29-32H,5-6,9,12-16,18-19,21H2,1-2H3,(H,43,48)(H,44,55)(H,45,57)(H,47,58)(H,49,56)(H,50,54)(H,51,59)(H,52,61)(H,53,60)(H4,41,42,46)/t23-,29+,30-,31+,32-/m0/s1. The summed E-state index contributed by atoms with van der Waals surface area (Å²) in [5.74, 6) is -5.37. The van der Waals surface area contributed by atoms with Gasteiger partial charge in [-0.3, -0.25) is 43.3 Å². The Morgan fingerprint density at radius 2 is 1.57 bits per heavy atom. The van der Waals surface area contributed by atoms with Gasteiger partial charge < -0.3 is 59.0 Å². The molecule has 21 nitrogen and oxygen atoms in total. The topological polar surface area (TPSA) is 326 Å². The van der Waals surface area contributed by atoms with Crippen molar-refractivity contribution in [1.29, 1.82) is 0 Å². The summed E-state index contributed by atoms with van der Waals surface area (Å²) >= 11 is 0. The number of hydrogen-bond acceptors (Lipinski definition) is 10. The molecule has 0 unspecified atom stereocenters. The van der Waals surface area contributed by atoms with E-state index in [0.29, 0.717) is 24.1 Å². The molecule has 1 aliphatic rings. The van der Waals surface area contributed by atoms with Crippen LogP contribution in [-0.4, -0.2) is 120 Å². The van der Waals surface area contributed by atoms with Gasteiger partial charge in [-0.1, -0.05) is 42.5 Å². The Morgan fingerprint density at radius 1 is 0.852 bits per heavy atom. The van der Waals surface area contributed by atoms with Gasteiger partial charge in [0.25, 0.3) is 0 Å². The van der Waals surface area contributed by atoms with Gasteiger partial charge in [0.15, 0.2) is 5.96 Å². The number of imidazole rings is 1. The van der Waals surface area contributed by atoms with Crippen molar-refractivity contribution in [1.82, 2.24) is 52.5 Å². The Kier molecular flexibility index (Phi) is 18.0. The molecular weight excluding hydrogens is 791 g/mol. The third kappa shape index (κ3) is 15.9. The second kappa shape index (κ2) is 23.5. The second-order valence-corrected chi connectivity index (χ2v) is 14.6.